The van der Waals surface area contributed by atoms with Crippen LogP contribution in [0.2, 0.25) is 0 Å². The number of hydrogen-bond acceptors (Lipinski definition) is 4. The summed E-state index contributed by atoms with van der Waals surface area (Å²) < 4.78 is 0. The van der Waals surface area contributed by atoms with Gasteiger partial charge in [-0.2, -0.15) is 5.26 Å². The van der Waals surface area contributed by atoms with Crippen molar-refractivity contribution in [3.63, 3.8) is 0 Å². The molecule has 1 N–H and O–H groups in total. The van der Waals surface area contributed by atoms with Crippen LogP contribution in [0.5, 0.6) is 0 Å². The summed E-state index contributed by atoms with van der Waals surface area (Å²) in [5.74, 6) is -0.609. The molecule has 122 valence electrons. The molecule has 0 aliphatic heterocycles. The van der Waals surface area contributed by atoms with Crippen LogP contribution < -0.4 is 5.32 Å². The number of nitrogens with zero attached hydrogens (tertiary/aromatic N) is 3. The minimum absolute atomic E-state index is 0.164. The molecule has 0 aliphatic carbocycles. The van der Waals surface area contributed by atoms with E-state index in [2.05, 4.69) is 10.3 Å². The van der Waals surface area contributed by atoms with Gasteiger partial charge in [0.2, 0.25) is 0 Å². The fraction of sp³-hybridized carbons (Fsp3) is 0.222. The largest absolute Gasteiger partial charge is 0.338 e. The molecule has 0 aliphatic rings. The van der Waals surface area contributed by atoms with E-state index in [1.165, 1.54) is 0 Å². The van der Waals surface area contributed by atoms with Crippen molar-refractivity contribution < 1.29 is 9.59 Å². The minimum Gasteiger partial charge on any atom is -0.338 e. The van der Waals surface area contributed by atoms with Gasteiger partial charge in [0.1, 0.15) is 11.4 Å². The molecule has 0 fully saturated rings. The Morgan fingerprint density at radius 2 is 1.71 bits per heavy atom. The molecule has 2 amide bonds. The topological polar surface area (TPSA) is 86.1 Å². The summed E-state index contributed by atoms with van der Waals surface area (Å²) >= 11 is 0. The zero-order valence-corrected chi connectivity index (χ0v) is 13.6. The van der Waals surface area contributed by atoms with Crippen LogP contribution in [0.15, 0.2) is 42.5 Å². The Kier molecular flexibility index (Phi) is 5.63. The number of amides is 2. The lowest BCUT2D eigenvalue weighted by atomic mass is 10.2. The van der Waals surface area contributed by atoms with Crippen LogP contribution in [0.25, 0.3) is 0 Å². The molecule has 6 heteroatoms. The Labute approximate surface area is 140 Å². The number of carbonyl (C=O) groups is 2. The molecule has 1 heterocycles. The van der Waals surface area contributed by atoms with Crippen molar-refractivity contribution in [2.24, 2.45) is 0 Å². The highest BCUT2D eigenvalue weighted by molar-refractivity contribution is 6.03. The maximum atomic E-state index is 12.3. The zero-order chi connectivity index (χ0) is 17.5. The number of nitriles is 1. The van der Waals surface area contributed by atoms with Gasteiger partial charge in [-0.1, -0.05) is 6.07 Å². The zero-order valence-electron chi connectivity index (χ0n) is 13.6. The lowest BCUT2D eigenvalue weighted by Crippen LogP contribution is -2.31. The number of nitrogens with one attached hydrogen (secondary N) is 1. The van der Waals surface area contributed by atoms with Crippen LogP contribution in [0, 0.1) is 11.3 Å². The molecular weight excluding hydrogens is 304 g/mol. The quantitative estimate of drug-likeness (QED) is 0.917. The normalized spacial score (nSPS) is 9.88. The summed E-state index contributed by atoms with van der Waals surface area (Å²) in [6.07, 6.45) is 0. The molecule has 2 rings (SSSR count). The second-order valence-corrected chi connectivity index (χ2v) is 5.03. The monoisotopic (exact) mass is 322 g/mol. The molecule has 0 atom stereocenters. The summed E-state index contributed by atoms with van der Waals surface area (Å²) in [6.45, 7) is 4.95. The van der Waals surface area contributed by atoms with Gasteiger partial charge in [-0.15, -0.1) is 0 Å². The van der Waals surface area contributed by atoms with E-state index in [0.717, 1.165) is 0 Å². The Morgan fingerprint density at radius 1 is 1.08 bits per heavy atom. The highest BCUT2D eigenvalue weighted by Gasteiger charge is 2.16. The molecule has 0 radical (unpaired) electrons. The standard InChI is InChI=1S/C18H18N4O2/c1-3-22(4-2)18(24)16-7-5-6-15(21-16)17(23)20-14-10-8-13(12-19)9-11-14/h5-11H,3-4H2,1-2H3,(H,20,23). The molecule has 24 heavy (non-hydrogen) atoms. The van der Waals surface area contributed by atoms with Crippen LogP contribution in [0.4, 0.5) is 5.69 Å². The lowest BCUT2D eigenvalue weighted by Gasteiger charge is -2.18. The van der Waals surface area contributed by atoms with Crippen LogP contribution in [-0.2, 0) is 0 Å². The summed E-state index contributed by atoms with van der Waals surface area (Å²) in [6, 6.07) is 13.3. The number of rotatable bonds is 5. The summed E-state index contributed by atoms with van der Waals surface area (Å²) in [7, 11) is 0. The Morgan fingerprint density at radius 3 is 2.29 bits per heavy atom. The molecule has 1 aromatic heterocycles. The van der Waals surface area contributed by atoms with Crippen molar-refractivity contribution in [2.45, 2.75) is 13.8 Å². The second-order valence-electron chi connectivity index (χ2n) is 5.03. The van der Waals surface area contributed by atoms with Crippen LogP contribution in [0.1, 0.15) is 40.4 Å². The smallest absolute Gasteiger partial charge is 0.274 e. The molecule has 0 bridgehead atoms. The van der Waals surface area contributed by atoms with Crippen molar-refractivity contribution >= 4 is 17.5 Å². The predicted molar refractivity (Wildman–Crippen MR) is 90.6 cm³/mol. The van der Waals surface area contributed by atoms with E-state index in [1.807, 2.05) is 19.9 Å². The first-order valence-electron chi connectivity index (χ1n) is 7.66. The molecule has 2 aromatic rings. The Bertz CT molecular complexity index is 774. The summed E-state index contributed by atoms with van der Waals surface area (Å²) in [5.41, 5.74) is 1.47. The number of hydrogen-bond donors (Lipinski definition) is 1. The van der Waals surface area contributed by atoms with Gasteiger partial charge < -0.3 is 10.2 Å². The summed E-state index contributed by atoms with van der Waals surface area (Å²) in [4.78, 5) is 30.4. The molecule has 6 nitrogen and oxygen atoms in total. The van der Waals surface area contributed by atoms with E-state index in [9.17, 15) is 9.59 Å². The van der Waals surface area contributed by atoms with E-state index >= 15 is 0 Å². The molecule has 0 spiro atoms. The molecular formula is C18H18N4O2. The number of benzene rings is 1. The maximum absolute atomic E-state index is 12.3. The fourth-order valence-electron chi connectivity index (χ4n) is 2.18. The van der Waals surface area contributed by atoms with Gasteiger partial charge >= 0.3 is 0 Å². The van der Waals surface area contributed by atoms with Gasteiger partial charge in [-0.3, -0.25) is 9.59 Å². The fourth-order valence-corrected chi connectivity index (χ4v) is 2.18. The predicted octanol–water partition coefficient (Wildman–Crippen LogP) is 2.69. The van der Waals surface area contributed by atoms with Gasteiger partial charge in [0.05, 0.1) is 11.6 Å². The van der Waals surface area contributed by atoms with E-state index in [4.69, 9.17) is 5.26 Å². The SMILES string of the molecule is CCN(CC)C(=O)c1cccc(C(=O)Nc2ccc(C#N)cc2)n1. The van der Waals surface area contributed by atoms with E-state index in [-0.39, 0.29) is 17.3 Å². The minimum atomic E-state index is -0.408. The first kappa shape index (κ1) is 17.2. The van der Waals surface area contributed by atoms with Crippen LogP contribution in [-0.4, -0.2) is 34.8 Å². The Hall–Kier alpha value is -3.20. The second kappa shape index (κ2) is 7.88. The maximum Gasteiger partial charge on any atom is 0.274 e. The number of pyridine rings is 1. The van der Waals surface area contributed by atoms with Gasteiger partial charge in [-0.25, -0.2) is 4.98 Å². The van der Waals surface area contributed by atoms with Crippen molar-refractivity contribution in [2.75, 3.05) is 18.4 Å². The Balaban J connectivity index is 2.16. The van der Waals surface area contributed by atoms with E-state index < -0.39 is 5.91 Å². The third-order valence-electron chi connectivity index (χ3n) is 3.52. The first-order valence-corrected chi connectivity index (χ1v) is 7.66. The highest BCUT2D eigenvalue weighted by atomic mass is 16.2. The lowest BCUT2D eigenvalue weighted by molar-refractivity contribution is 0.0767. The van der Waals surface area contributed by atoms with Crippen LogP contribution in [0.3, 0.4) is 0 Å². The van der Waals surface area contributed by atoms with Gasteiger partial charge in [0, 0.05) is 18.8 Å². The molecule has 0 saturated heterocycles. The number of carbonyl (C=O) groups excluding carboxylic acids is 2. The van der Waals surface area contributed by atoms with Gasteiger partial charge in [-0.05, 0) is 50.2 Å². The van der Waals surface area contributed by atoms with Crippen molar-refractivity contribution in [3.8, 4) is 6.07 Å². The average Bonchev–Trinajstić information content (AvgIpc) is 2.63. The van der Waals surface area contributed by atoms with Gasteiger partial charge in [0.15, 0.2) is 0 Å². The van der Waals surface area contributed by atoms with Crippen molar-refractivity contribution in [3.05, 3.63) is 59.4 Å². The number of aromatic nitrogens is 1. The van der Waals surface area contributed by atoms with E-state index in [1.54, 1.807) is 47.4 Å². The third kappa shape index (κ3) is 3.96. The molecule has 1 aromatic carbocycles. The van der Waals surface area contributed by atoms with Crippen LogP contribution >= 0.6 is 0 Å². The van der Waals surface area contributed by atoms with Gasteiger partial charge in [0.25, 0.3) is 11.8 Å². The average molecular weight is 322 g/mol. The van der Waals surface area contributed by atoms with Crippen molar-refractivity contribution in [1.29, 1.82) is 5.26 Å². The highest BCUT2D eigenvalue weighted by Crippen LogP contribution is 2.11. The molecule has 0 unspecified atom stereocenters. The summed E-state index contributed by atoms with van der Waals surface area (Å²) in [5, 5.41) is 11.5. The van der Waals surface area contributed by atoms with E-state index in [0.29, 0.717) is 24.3 Å². The van der Waals surface area contributed by atoms with Crippen molar-refractivity contribution in [1.82, 2.24) is 9.88 Å². The number of anilines is 1. The molecule has 0 saturated carbocycles. The first-order chi connectivity index (χ1) is 11.6. The third-order valence-corrected chi connectivity index (χ3v) is 3.52.